The van der Waals surface area contributed by atoms with E-state index in [9.17, 15) is 0 Å². The largest absolute Gasteiger partial charge is 0.302 e. The van der Waals surface area contributed by atoms with Crippen molar-refractivity contribution in [3.05, 3.63) is 35.9 Å². The molecule has 0 spiro atoms. The lowest BCUT2D eigenvalue weighted by Gasteiger charge is -2.41. The molecule has 0 radical (unpaired) electrons. The summed E-state index contributed by atoms with van der Waals surface area (Å²) in [7, 11) is 2.33. The molecular weight excluding hydrogens is 320 g/mol. The maximum absolute atomic E-state index is 2.79. The molecule has 2 aliphatic heterocycles. The Kier molecular flexibility index (Phi) is 7.18. The maximum atomic E-state index is 2.79. The van der Waals surface area contributed by atoms with Crippen molar-refractivity contribution in [2.45, 2.75) is 31.3 Å². The van der Waals surface area contributed by atoms with Crippen molar-refractivity contribution in [1.82, 2.24) is 9.80 Å². The van der Waals surface area contributed by atoms with Gasteiger partial charge in [-0.25, -0.2) is 0 Å². The number of hydrogen-bond acceptors (Lipinski definition) is 4. The van der Waals surface area contributed by atoms with Crippen LogP contribution in [0.25, 0.3) is 0 Å². The molecule has 1 aromatic rings. The van der Waals surface area contributed by atoms with Gasteiger partial charge in [0.15, 0.2) is 0 Å². The van der Waals surface area contributed by atoms with Gasteiger partial charge in [-0.3, -0.25) is 4.90 Å². The summed E-state index contributed by atoms with van der Waals surface area (Å²) in [6, 6.07) is 12.5. The molecule has 1 aromatic carbocycles. The summed E-state index contributed by atoms with van der Waals surface area (Å²) in [5, 5.41) is 0. The number of rotatable bonds is 5. The van der Waals surface area contributed by atoms with Crippen LogP contribution >= 0.6 is 23.5 Å². The molecule has 4 heteroatoms. The van der Waals surface area contributed by atoms with Crippen LogP contribution in [0.5, 0.6) is 0 Å². The number of likely N-dealkylation sites (tertiary alicyclic amines) is 1. The molecule has 2 nitrogen and oxygen atoms in total. The number of piperidine rings is 1. The fraction of sp³-hybridized carbons (Fsp3) is 0.684. The third-order valence-electron chi connectivity index (χ3n) is 5.16. The maximum Gasteiger partial charge on any atom is 0.0277 e. The molecule has 0 N–H and O–H groups in total. The second-order valence-electron chi connectivity index (χ2n) is 6.81. The highest BCUT2D eigenvalue weighted by Gasteiger charge is 2.28. The van der Waals surface area contributed by atoms with Gasteiger partial charge in [0.1, 0.15) is 0 Å². The minimum absolute atomic E-state index is 0.741. The third kappa shape index (κ3) is 5.42. The predicted octanol–water partition coefficient (Wildman–Crippen LogP) is 3.47. The Labute approximate surface area is 150 Å². The Bertz CT molecular complexity index is 446. The van der Waals surface area contributed by atoms with E-state index in [1.165, 1.54) is 67.5 Å². The highest BCUT2D eigenvalue weighted by atomic mass is 32.2. The van der Waals surface area contributed by atoms with Gasteiger partial charge in [-0.1, -0.05) is 30.3 Å². The van der Waals surface area contributed by atoms with E-state index in [-0.39, 0.29) is 0 Å². The van der Waals surface area contributed by atoms with Crippen molar-refractivity contribution in [2.75, 3.05) is 49.7 Å². The van der Waals surface area contributed by atoms with E-state index in [2.05, 4.69) is 70.7 Å². The van der Waals surface area contributed by atoms with Crippen LogP contribution in [0.1, 0.15) is 18.4 Å². The summed E-state index contributed by atoms with van der Waals surface area (Å²) in [6.45, 7) is 3.77. The summed E-state index contributed by atoms with van der Waals surface area (Å²) in [5.74, 6) is 5.37. The summed E-state index contributed by atoms with van der Waals surface area (Å²) in [5.41, 5.74) is 1.46. The molecule has 0 amide bonds. The first kappa shape index (κ1) is 17.7. The van der Waals surface area contributed by atoms with Crippen molar-refractivity contribution in [2.24, 2.45) is 0 Å². The molecule has 2 fully saturated rings. The number of benzene rings is 1. The summed E-state index contributed by atoms with van der Waals surface area (Å²) < 4.78 is 0. The van der Waals surface area contributed by atoms with Gasteiger partial charge >= 0.3 is 0 Å². The summed E-state index contributed by atoms with van der Waals surface area (Å²) >= 11 is 4.32. The van der Waals surface area contributed by atoms with Crippen LogP contribution in [-0.4, -0.2) is 71.6 Å². The van der Waals surface area contributed by atoms with E-state index < -0.39 is 0 Å². The molecule has 0 bridgehead atoms. The second kappa shape index (κ2) is 9.36. The van der Waals surface area contributed by atoms with Crippen LogP contribution in [0.15, 0.2) is 30.3 Å². The van der Waals surface area contributed by atoms with Gasteiger partial charge in [0, 0.05) is 48.2 Å². The molecule has 0 aromatic heterocycles. The highest BCUT2D eigenvalue weighted by Crippen LogP contribution is 2.24. The van der Waals surface area contributed by atoms with Crippen LogP contribution in [-0.2, 0) is 6.42 Å². The van der Waals surface area contributed by atoms with Crippen molar-refractivity contribution in [3.63, 3.8) is 0 Å². The van der Waals surface area contributed by atoms with Gasteiger partial charge in [-0.2, -0.15) is 23.5 Å². The Morgan fingerprint density at radius 2 is 1.87 bits per heavy atom. The Balaban J connectivity index is 1.49. The van der Waals surface area contributed by atoms with Crippen molar-refractivity contribution in [3.8, 4) is 0 Å². The predicted molar refractivity (Wildman–Crippen MR) is 106 cm³/mol. The first-order chi connectivity index (χ1) is 11.3. The van der Waals surface area contributed by atoms with E-state index in [0.29, 0.717) is 0 Å². The smallest absolute Gasteiger partial charge is 0.0277 e. The van der Waals surface area contributed by atoms with Gasteiger partial charge < -0.3 is 4.90 Å². The third-order valence-corrected chi connectivity index (χ3v) is 7.64. The molecule has 23 heavy (non-hydrogen) atoms. The van der Waals surface area contributed by atoms with Crippen LogP contribution in [0.3, 0.4) is 0 Å². The molecule has 0 saturated carbocycles. The van der Waals surface area contributed by atoms with Gasteiger partial charge in [0.2, 0.25) is 0 Å². The standard InChI is InChI=1S/C19H30N2S2/c1-20(11-9-17-6-3-2-4-7-17)18-8-5-10-21(14-18)19-15-22-12-13-23-16-19/h2-4,6-7,18-19H,5,8-16H2,1H3. The molecule has 0 aliphatic carbocycles. The molecule has 2 saturated heterocycles. The zero-order valence-electron chi connectivity index (χ0n) is 14.3. The van der Waals surface area contributed by atoms with Gasteiger partial charge in [0.05, 0.1) is 0 Å². The molecule has 2 aliphatic rings. The van der Waals surface area contributed by atoms with Crippen LogP contribution in [0.4, 0.5) is 0 Å². The van der Waals surface area contributed by atoms with E-state index in [4.69, 9.17) is 0 Å². The normalized spacial score (nSPS) is 24.7. The molecular formula is C19H30N2S2. The monoisotopic (exact) mass is 350 g/mol. The fourth-order valence-electron chi connectivity index (χ4n) is 3.62. The van der Waals surface area contributed by atoms with Crippen molar-refractivity contribution in [1.29, 1.82) is 0 Å². The SMILES string of the molecule is CN(CCc1ccccc1)C1CCCN(C2CSCCSC2)C1. The lowest BCUT2D eigenvalue weighted by molar-refractivity contribution is 0.0986. The Morgan fingerprint density at radius 3 is 2.61 bits per heavy atom. The minimum atomic E-state index is 0.741. The van der Waals surface area contributed by atoms with Crippen LogP contribution in [0, 0.1) is 0 Å². The molecule has 1 unspecified atom stereocenters. The zero-order valence-corrected chi connectivity index (χ0v) is 16.0. The van der Waals surface area contributed by atoms with Crippen molar-refractivity contribution < 1.29 is 0 Å². The first-order valence-corrected chi connectivity index (χ1v) is 11.3. The van der Waals surface area contributed by atoms with E-state index in [0.717, 1.165) is 12.1 Å². The van der Waals surface area contributed by atoms with E-state index in [1.807, 2.05) is 0 Å². The summed E-state index contributed by atoms with van der Waals surface area (Å²) in [6.07, 6.45) is 3.91. The Hall–Kier alpha value is -0.160. The Morgan fingerprint density at radius 1 is 1.13 bits per heavy atom. The quantitative estimate of drug-likeness (QED) is 0.802. The molecule has 128 valence electrons. The molecule has 2 heterocycles. The van der Waals surface area contributed by atoms with E-state index >= 15 is 0 Å². The lowest BCUT2D eigenvalue weighted by atomic mass is 10.0. The van der Waals surface area contributed by atoms with Gasteiger partial charge in [0.25, 0.3) is 0 Å². The van der Waals surface area contributed by atoms with Crippen LogP contribution in [0.2, 0.25) is 0 Å². The zero-order chi connectivity index (χ0) is 15.9. The number of thioether (sulfide) groups is 2. The average Bonchev–Trinajstić information content (AvgIpc) is 2.90. The van der Waals surface area contributed by atoms with Gasteiger partial charge in [-0.05, 0) is 38.4 Å². The highest BCUT2D eigenvalue weighted by molar-refractivity contribution is 8.03. The molecule has 3 rings (SSSR count). The number of hydrogen-bond donors (Lipinski definition) is 0. The fourth-order valence-corrected chi connectivity index (χ4v) is 6.25. The van der Waals surface area contributed by atoms with E-state index in [1.54, 1.807) is 0 Å². The number of nitrogens with zero attached hydrogens (tertiary/aromatic N) is 2. The van der Waals surface area contributed by atoms with Gasteiger partial charge in [-0.15, -0.1) is 0 Å². The summed E-state index contributed by atoms with van der Waals surface area (Å²) in [4.78, 5) is 5.40. The minimum Gasteiger partial charge on any atom is -0.302 e. The van der Waals surface area contributed by atoms with Crippen molar-refractivity contribution >= 4 is 23.5 Å². The topological polar surface area (TPSA) is 6.48 Å². The molecule has 1 atom stereocenters. The average molecular weight is 351 g/mol. The number of likely N-dealkylation sites (N-methyl/N-ethyl adjacent to an activating group) is 1. The second-order valence-corrected chi connectivity index (χ2v) is 9.11. The van der Waals surface area contributed by atoms with Crippen LogP contribution < -0.4 is 0 Å². The lowest BCUT2D eigenvalue weighted by Crippen LogP contribution is -2.51. The first-order valence-electron chi connectivity index (χ1n) is 8.96.